The minimum atomic E-state index is -0.122. The van der Waals surface area contributed by atoms with E-state index in [1.54, 1.807) is 6.20 Å². The first-order valence-electron chi connectivity index (χ1n) is 8.78. The molecular weight excluding hydrogens is 362 g/mol. The molecule has 0 unspecified atom stereocenters. The fourth-order valence-corrected chi connectivity index (χ4v) is 3.27. The van der Waals surface area contributed by atoms with Gasteiger partial charge in [0.05, 0.1) is 10.7 Å². The normalized spacial score (nSPS) is 16.1. The molecule has 138 valence electrons. The molecule has 0 radical (unpaired) electrons. The van der Waals surface area contributed by atoms with E-state index in [9.17, 15) is 0 Å². The zero-order valence-corrected chi connectivity index (χ0v) is 16.0. The number of ether oxygens (including phenoxy) is 1. The van der Waals surface area contributed by atoms with E-state index >= 15 is 0 Å². The highest BCUT2D eigenvalue weighted by Crippen LogP contribution is 2.30. The number of fused-ring (bicyclic) bond motifs is 1. The Balaban J connectivity index is 1.41. The summed E-state index contributed by atoms with van der Waals surface area (Å²) in [5, 5.41) is 5.78. The number of halogens is 1. The summed E-state index contributed by atoms with van der Waals surface area (Å²) in [5.41, 5.74) is 3.92. The SMILES string of the molecule is CN(C)c1ccc(C2=NO[C@H](COc3ccc(Cl)c4cccnc34)C2)cc1. The van der Waals surface area contributed by atoms with Crippen LogP contribution < -0.4 is 9.64 Å². The van der Waals surface area contributed by atoms with Crippen molar-refractivity contribution < 1.29 is 9.57 Å². The average Bonchev–Trinajstić information content (AvgIpc) is 3.17. The molecule has 0 amide bonds. The van der Waals surface area contributed by atoms with Crippen molar-refractivity contribution in [3.05, 3.63) is 65.3 Å². The number of nitrogens with zero attached hydrogens (tertiary/aromatic N) is 3. The van der Waals surface area contributed by atoms with Gasteiger partial charge in [-0.3, -0.25) is 4.98 Å². The molecule has 1 aliphatic heterocycles. The third-order valence-electron chi connectivity index (χ3n) is 4.55. The van der Waals surface area contributed by atoms with Crippen molar-refractivity contribution in [2.75, 3.05) is 25.6 Å². The maximum Gasteiger partial charge on any atom is 0.167 e. The quantitative estimate of drug-likeness (QED) is 0.651. The molecule has 2 heterocycles. The first kappa shape index (κ1) is 17.6. The van der Waals surface area contributed by atoms with Crippen LogP contribution in [0.3, 0.4) is 0 Å². The average molecular weight is 382 g/mol. The van der Waals surface area contributed by atoms with Crippen LogP contribution in [0, 0.1) is 0 Å². The molecule has 0 N–H and O–H groups in total. The van der Waals surface area contributed by atoms with Crippen LogP contribution in [0.5, 0.6) is 5.75 Å². The molecule has 1 aromatic heterocycles. The highest BCUT2D eigenvalue weighted by molar-refractivity contribution is 6.35. The van der Waals surface area contributed by atoms with Gasteiger partial charge in [0.2, 0.25) is 0 Å². The van der Waals surface area contributed by atoms with Crippen molar-refractivity contribution in [3.63, 3.8) is 0 Å². The summed E-state index contributed by atoms with van der Waals surface area (Å²) in [7, 11) is 4.04. The van der Waals surface area contributed by atoms with E-state index in [0.29, 0.717) is 23.8 Å². The van der Waals surface area contributed by atoms with Crippen LogP contribution in [0.15, 0.2) is 59.9 Å². The molecule has 1 aliphatic rings. The van der Waals surface area contributed by atoms with Gasteiger partial charge in [-0.1, -0.05) is 28.9 Å². The molecule has 0 aliphatic carbocycles. The van der Waals surface area contributed by atoms with Gasteiger partial charge in [0, 0.05) is 37.8 Å². The molecule has 0 saturated carbocycles. The first-order valence-corrected chi connectivity index (χ1v) is 9.16. The van der Waals surface area contributed by atoms with Gasteiger partial charge in [-0.15, -0.1) is 0 Å². The second kappa shape index (κ2) is 7.45. The summed E-state index contributed by atoms with van der Waals surface area (Å²) in [5.74, 6) is 0.697. The summed E-state index contributed by atoms with van der Waals surface area (Å²) in [4.78, 5) is 12.0. The van der Waals surface area contributed by atoms with Crippen LogP contribution in [-0.2, 0) is 4.84 Å². The molecule has 6 heteroatoms. The lowest BCUT2D eigenvalue weighted by atomic mass is 10.0. The van der Waals surface area contributed by atoms with E-state index in [0.717, 1.165) is 27.9 Å². The van der Waals surface area contributed by atoms with Gasteiger partial charge in [-0.05, 0) is 42.0 Å². The van der Waals surface area contributed by atoms with Gasteiger partial charge in [-0.25, -0.2) is 0 Å². The number of aromatic nitrogens is 1. The standard InChI is InChI=1S/C21H20ClN3O2/c1-25(2)15-7-5-14(6-8-15)19-12-16(27-24-19)13-26-20-10-9-18(22)17-4-3-11-23-21(17)20/h3-11,16H,12-13H2,1-2H3/t16-/m0/s1. The first-order chi connectivity index (χ1) is 13.1. The van der Waals surface area contributed by atoms with Crippen LogP contribution in [0.25, 0.3) is 10.9 Å². The fourth-order valence-electron chi connectivity index (χ4n) is 3.05. The highest BCUT2D eigenvalue weighted by Gasteiger charge is 2.23. The smallest absolute Gasteiger partial charge is 0.167 e. The van der Waals surface area contributed by atoms with Gasteiger partial charge in [0.1, 0.15) is 17.9 Å². The lowest BCUT2D eigenvalue weighted by Gasteiger charge is -2.13. The Labute approximate surface area is 163 Å². The monoisotopic (exact) mass is 381 g/mol. The van der Waals surface area contributed by atoms with E-state index in [2.05, 4.69) is 39.3 Å². The number of rotatable bonds is 5. The molecule has 5 nitrogen and oxygen atoms in total. The van der Waals surface area contributed by atoms with E-state index < -0.39 is 0 Å². The third kappa shape index (κ3) is 3.69. The molecule has 1 atom stereocenters. The number of oxime groups is 1. The summed E-state index contributed by atoms with van der Waals surface area (Å²) >= 11 is 6.23. The van der Waals surface area contributed by atoms with Crippen molar-refractivity contribution in [3.8, 4) is 5.75 Å². The van der Waals surface area contributed by atoms with Gasteiger partial charge in [0.25, 0.3) is 0 Å². The third-order valence-corrected chi connectivity index (χ3v) is 4.88. The van der Waals surface area contributed by atoms with Gasteiger partial charge >= 0.3 is 0 Å². The van der Waals surface area contributed by atoms with Crippen molar-refractivity contribution in [2.45, 2.75) is 12.5 Å². The number of hydrogen-bond donors (Lipinski definition) is 0. The topological polar surface area (TPSA) is 47.0 Å². The largest absolute Gasteiger partial charge is 0.487 e. The van der Waals surface area contributed by atoms with Crippen LogP contribution in [-0.4, -0.2) is 37.5 Å². The second-order valence-corrected chi connectivity index (χ2v) is 7.07. The zero-order valence-electron chi connectivity index (χ0n) is 15.2. The molecule has 0 saturated heterocycles. The Morgan fingerprint density at radius 3 is 2.74 bits per heavy atom. The summed E-state index contributed by atoms with van der Waals surface area (Å²) in [6.07, 6.45) is 2.32. The lowest BCUT2D eigenvalue weighted by molar-refractivity contribution is 0.0475. The van der Waals surface area contributed by atoms with Crippen molar-refractivity contribution in [1.29, 1.82) is 0 Å². The molecular formula is C21H20ClN3O2. The van der Waals surface area contributed by atoms with E-state index in [1.165, 1.54) is 0 Å². The Morgan fingerprint density at radius 1 is 1.15 bits per heavy atom. The molecule has 4 rings (SSSR count). The maximum absolute atomic E-state index is 6.23. The number of hydrogen-bond acceptors (Lipinski definition) is 5. The van der Waals surface area contributed by atoms with Crippen molar-refractivity contribution in [2.24, 2.45) is 5.16 Å². The van der Waals surface area contributed by atoms with E-state index in [1.807, 2.05) is 38.4 Å². The van der Waals surface area contributed by atoms with Crippen LogP contribution in [0.2, 0.25) is 5.02 Å². The minimum Gasteiger partial charge on any atom is -0.487 e. The lowest BCUT2D eigenvalue weighted by Crippen LogP contribution is -2.18. The zero-order chi connectivity index (χ0) is 18.8. The molecule has 27 heavy (non-hydrogen) atoms. The Kier molecular flexibility index (Phi) is 4.86. The highest BCUT2D eigenvalue weighted by atomic mass is 35.5. The van der Waals surface area contributed by atoms with Crippen LogP contribution in [0.4, 0.5) is 5.69 Å². The second-order valence-electron chi connectivity index (χ2n) is 6.67. The molecule has 0 bridgehead atoms. The predicted octanol–water partition coefficient (Wildman–Crippen LogP) is 4.53. The maximum atomic E-state index is 6.23. The van der Waals surface area contributed by atoms with E-state index in [4.69, 9.17) is 21.2 Å². The Morgan fingerprint density at radius 2 is 1.96 bits per heavy atom. The van der Waals surface area contributed by atoms with E-state index in [-0.39, 0.29) is 6.10 Å². The Hall–Kier alpha value is -2.79. The summed E-state index contributed by atoms with van der Waals surface area (Å²) in [6.45, 7) is 0.399. The molecule has 3 aromatic rings. The Bertz CT molecular complexity index is 986. The van der Waals surface area contributed by atoms with Gasteiger partial charge in [-0.2, -0.15) is 0 Å². The van der Waals surface area contributed by atoms with Gasteiger partial charge in [0.15, 0.2) is 6.10 Å². The predicted molar refractivity (Wildman–Crippen MR) is 109 cm³/mol. The molecule has 0 spiro atoms. The molecule has 2 aromatic carbocycles. The van der Waals surface area contributed by atoms with Crippen molar-refractivity contribution in [1.82, 2.24) is 4.98 Å². The van der Waals surface area contributed by atoms with Crippen LogP contribution in [0.1, 0.15) is 12.0 Å². The minimum absolute atomic E-state index is 0.122. The van der Waals surface area contributed by atoms with Crippen LogP contribution >= 0.6 is 11.6 Å². The van der Waals surface area contributed by atoms with Gasteiger partial charge < -0.3 is 14.5 Å². The fraction of sp³-hybridized carbons (Fsp3) is 0.238. The number of benzene rings is 2. The summed E-state index contributed by atoms with van der Waals surface area (Å²) < 4.78 is 5.97. The number of anilines is 1. The van der Waals surface area contributed by atoms with Crippen molar-refractivity contribution >= 4 is 33.9 Å². The summed E-state index contributed by atoms with van der Waals surface area (Å²) in [6, 6.07) is 15.7. The number of pyridine rings is 1. The molecule has 0 fully saturated rings.